The number of ether oxygens (including phenoxy) is 1. The van der Waals surface area contributed by atoms with E-state index < -0.39 is 30.3 Å². The van der Waals surface area contributed by atoms with Crippen LogP contribution in [0.1, 0.15) is 69.3 Å². The molecule has 18 rings (SSSR count). The highest BCUT2D eigenvalue weighted by Gasteiger charge is 2.43. The number of pyridine rings is 5. The predicted molar refractivity (Wildman–Crippen MR) is 547 cm³/mol. The number of imidazole rings is 4. The molecular formula is C104H95F6N27O8S. The van der Waals surface area contributed by atoms with Gasteiger partial charge in [-0.1, -0.05) is 42.5 Å². The lowest BCUT2D eigenvalue weighted by molar-refractivity contribution is -0.170. The number of benzene rings is 7. The summed E-state index contributed by atoms with van der Waals surface area (Å²) in [5.74, 6) is -2.55. The first kappa shape index (κ1) is 103. The first-order valence-corrected chi connectivity index (χ1v) is 45.8. The van der Waals surface area contributed by atoms with Crippen LogP contribution in [-0.2, 0) is 72.6 Å². The molecule has 10 N–H and O–H groups in total. The van der Waals surface area contributed by atoms with Crippen LogP contribution in [0.2, 0.25) is 0 Å². The molecule has 0 aliphatic carbocycles. The van der Waals surface area contributed by atoms with Crippen molar-refractivity contribution in [3.05, 3.63) is 342 Å². The van der Waals surface area contributed by atoms with Gasteiger partial charge in [-0.25, -0.2) is 29.7 Å². The number of nitrogen functional groups attached to an aromatic ring is 3. The normalized spacial score (nSPS) is 11.0. The van der Waals surface area contributed by atoms with Gasteiger partial charge in [0, 0.05) is 169 Å². The maximum atomic E-state index is 13.3. The average Bonchev–Trinajstić information content (AvgIpc) is 1.64. The van der Waals surface area contributed by atoms with Crippen LogP contribution in [0.4, 0.5) is 94.7 Å². The Labute approximate surface area is 835 Å². The Morgan fingerprint density at radius 1 is 0.438 bits per heavy atom. The van der Waals surface area contributed by atoms with Crippen LogP contribution in [0, 0.1) is 22.7 Å². The number of halogens is 6. The summed E-state index contributed by atoms with van der Waals surface area (Å²) in [4.78, 5) is 122. The number of nitriles is 2. The Balaban J connectivity index is 0.000000148. The lowest BCUT2D eigenvalue weighted by atomic mass is 10.1. The van der Waals surface area contributed by atoms with Gasteiger partial charge in [-0.2, -0.15) is 36.9 Å². The van der Waals surface area contributed by atoms with E-state index in [-0.39, 0.29) is 40.7 Å². The molecule has 0 fully saturated rings. The van der Waals surface area contributed by atoms with Crippen LogP contribution >= 0.6 is 11.3 Å². The smallest absolute Gasteiger partial charge is 0.453 e. The van der Waals surface area contributed by atoms with Gasteiger partial charge in [0.25, 0.3) is 17.7 Å². The van der Waals surface area contributed by atoms with Crippen LogP contribution in [0.25, 0.3) is 54.8 Å². The van der Waals surface area contributed by atoms with E-state index in [0.717, 1.165) is 100 Å². The number of rotatable bonds is 27. The van der Waals surface area contributed by atoms with Crippen LogP contribution in [0.15, 0.2) is 291 Å². The van der Waals surface area contributed by atoms with Gasteiger partial charge in [-0.05, 0) is 230 Å². The molecule has 6 amide bonds. The molecule has 0 saturated carbocycles. The molecule has 0 aliphatic rings. The largest absolute Gasteiger partial charge is 0.471 e. The van der Waals surface area contributed by atoms with Gasteiger partial charge in [0.1, 0.15) is 0 Å². The van der Waals surface area contributed by atoms with Crippen molar-refractivity contribution in [3.8, 4) is 22.8 Å². The third-order valence-electron chi connectivity index (χ3n) is 23.0. The molecule has 0 aliphatic heterocycles. The van der Waals surface area contributed by atoms with E-state index in [1.165, 1.54) is 59.6 Å². The third kappa shape index (κ3) is 26.1. The fourth-order valence-electron chi connectivity index (χ4n) is 15.3. The van der Waals surface area contributed by atoms with Crippen molar-refractivity contribution in [3.63, 3.8) is 0 Å². The molecule has 11 aromatic heterocycles. The van der Waals surface area contributed by atoms with Gasteiger partial charge in [-0.15, -0.1) is 11.3 Å². The summed E-state index contributed by atoms with van der Waals surface area (Å²) in [6.45, 7) is 3.03. The second-order valence-electron chi connectivity index (χ2n) is 32.6. The molecule has 0 radical (unpaired) electrons. The summed E-state index contributed by atoms with van der Waals surface area (Å²) in [7, 11) is 8.56. The molecule has 35 nitrogen and oxygen atoms in total. The number of methoxy groups -OCH3 is 1. The Hall–Kier alpha value is -18.7. The standard InChI is InChI=1S/C31H23N7O3S.C23H20N6O.C19H18F3N5O3.C16H17F3N4O.C15H17N5/c1-37(30(40)22-6-2-4-21(14-22)16-32)23-7-8-25-24(15-23)35-31(38(25)13-11-20-5-3-12-33-17-20)36-29(39)28-10-9-27(42-28)26-18-34-19-41-26;1-28(22(30)18-6-2-4-17(12-18)14-24)19-7-8-21-20(13-19)27-23(25)29(21)11-9-16-5-3-10-26-15-16;1-26(16(28)19(20,21)22)13-5-6-15-14(10-13)24-17(25-18(29)30-2)27(15)9-7-12-4-3-8-23-11-12;1-23(15(24)16(17,18)19)12-4-5-14(13(20)9-12)22-8-6-11-3-2-7-21-10-11;1-17-12-4-5-14-13(9-12)19-15(16)20(14)8-6-11-3-2-7-18-10-11/h2-10,12,14-15,17-19H,11,13H2,1H3,(H,35,36,39);2-8,10,12-13,15H,9,11H2,1H3,(H2,25,27);3-6,8,10-11H,7,9H2,1-2H3,(H,24,25,29);2-5,7,9-10,22H,6,8,20H2,1H3;2-5,7,9-10,17H,6,8H2,1H3,(H2,16,19). The van der Waals surface area contributed by atoms with E-state index in [1.54, 1.807) is 146 Å². The average molecular weight is 2000 g/mol. The summed E-state index contributed by atoms with van der Waals surface area (Å²) in [5.41, 5.74) is 34.4. The van der Waals surface area contributed by atoms with Crippen LogP contribution in [0.3, 0.4) is 0 Å². The van der Waals surface area contributed by atoms with Crippen molar-refractivity contribution in [1.82, 2.24) is 68.1 Å². The van der Waals surface area contributed by atoms with Gasteiger partial charge < -0.3 is 74.9 Å². The number of nitrogens with zero attached hydrogens (tertiary/aromatic N) is 20. The number of hydrogen-bond acceptors (Lipinski definition) is 26. The molecule has 0 saturated heterocycles. The topological polar surface area (TPSA) is 460 Å². The van der Waals surface area contributed by atoms with Gasteiger partial charge >= 0.3 is 30.3 Å². The number of thiophene rings is 1. The van der Waals surface area contributed by atoms with Gasteiger partial charge in [0.05, 0.1) is 102 Å². The Kier molecular flexibility index (Phi) is 33.5. The van der Waals surface area contributed by atoms with Crippen LogP contribution < -0.4 is 58.1 Å². The molecule has 146 heavy (non-hydrogen) atoms. The highest BCUT2D eigenvalue weighted by molar-refractivity contribution is 7.17. The highest BCUT2D eigenvalue weighted by atomic mass is 32.1. The molecule has 42 heteroatoms. The summed E-state index contributed by atoms with van der Waals surface area (Å²) in [6.07, 6.45) is 13.5. The zero-order chi connectivity index (χ0) is 104. The number of hydrogen-bond donors (Lipinski definition) is 7. The van der Waals surface area contributed by atoms with Crippen molar-refractivity contribution >= 4 is 155 Å². The van der Waals surface area contributed by atoms with E-state index in [2.05, 4.69) is 89.1 Å². The van der Waals surface area contributed by atoms with Gasteiger partial charge in [0.15, 0.2) is 12.2 Å². The summed E-state index contributed by atoms with van der Waals surface area (Å²) < 4.78 is 93.2. The zero-order valence-corrected chi connectivity index (χ0v) is 80.1. The Morgan fingerprint density at radius 2 is 0.836 bits per heavy atom. The minimum Gasteiger partial charge on any atom is -0.453 e. The fourth-order valence-corrected chi connectivity index (χ4v) is 16.1. The summed E-state index contributed by atoms with van der Waals surface area (Å²) >= 11 is 1.30. The van der Waals surface area contributed by atoms with E-state index >= 15 is 0 Å². The van der Waals surface area contributed by atoms with E-state index in [4.69, 9.17) is 31.9 Å². The first-order valence-electron chi connectivity index (χ1n) is 45.0. The maximum absolute atomic E-state index is 13.3. The SMILES string of the molecule is CN(C(=O)C(F)(F)F)c1ccc(NCCc2cccnc2)c(N)c1.CN(C(=O)c1cccc(C#N)c1)c1ccc2c(c1)nc(N)n2CCc1cccnc1.CN(C(=O)c1cccc(C#N)c1)c1ccc2c(c1)nc(NC(=O)c1ccc(-c3cnco3)s1)n2CCc1cccnc1.CNc1ccc2c(c1)nc(N)n2CCc1cccnc1.COC(=O)Nc1nc2cc(N(C)C(=O)C(F)(F)F)ccc2n1CCc1cccnc1. The zero-order valence-electron chi connectivity index (χ0n) is 79.3. The highest BCUT2D eigenvalue weighted by Crippen LogP contribution is 2.35. The molecular weight excluding hydrogens is 1900 g/mol. The van der Waals surface area contributed by atoms with Crippen molar-refractivity contribution < 1.29 is 64.3 Å². The fraction of sp³-hybridized carbons (Fsp3) is 0.173. The Morgan fingerprint density at radius 3 is 1.24 bits per heavy atom. The quantitative estimate of drug-likeness (QED) is 0.0186. The number of amides is 6. The number of aryl methyl sites for hydroxylation is 8. The molecule has 18 aromatic rings. The number of oxazole rings is 1. The van der Waals surface area contributed by atoms with Crippen LogP contribution in [-0.4, -0.2) is 165 Å². The molecule has 0 bridgehead atoms. The molecule has 7 aromatic carbocycles. The number of nitrogens with one attached hydrogen (secondary N) is 4. The van der Waals surface area contributed by atoms with Crippen molar-refractivity contribution in [2.45, 2.75) is 70.6 Å². The molecule has 742 valence electrons. The molecule has 11 heterocycles. The minimum atomic E-state index is -5.00. The second kappa shape index (κ2) is 47.5. The number of nitrogens with two attached hydrogens (primary N) is 3. The maximum Gasteiger partial charge on any atom is 0.471 e. The number of carbonyl (C=O) groups is 6. The Bertz CT molecular complexity index is 7730. The van der Waals surface area contributed by atoms with E-state index in [0.29, 0.717) is 133 Å². The molecule has 0 unspecified atom stereocenters. The third-order valence-corrected chi connectivity index (χ3v) is 24.1. The van der Waals surface area contributed by atoms with Gasteiger partial charge in [-0.3, -0.25) is 59.5 Å². The summed E-state index contributed by atoms with van der Waals surface area (Å²) in [6, 6.07) is 66.1. The van der Waals surface area contributed by atoms with Crippen molar-refractivity contribution in [1.29, 1.82) is 10.5 Å². The van der Waals surface area contributed by atoms with E-state index in [1.807, 2.05) is 149 Å². The summed E-state index contributed by atoms with van der Waals surface area (Å²) in [5, 5.41) is 30.0. The van der Waals surface area contributed by atoms with Crippen LogP contribution in [0.5, 0.6) is 0 Å². The second-order valence-corrected chi connectivity index (χ2v) is 33.7. The minimum absolute atomic E-state index is 0.0198. The number of anilines is 11. The number of alkyl halides is 6. The lowest BCUT2D eigenvalue weighted by Crippen LogP contribution is -2.38. The number of carbonyl (C=O) groups excluding carboxylic acids is 6. The number of aromatic nitrogens is 14. The monoisotopic (exact) mass is 2000 g/mol. The molecule has 0 spiro atoms. The van der Waals surface area contributed by atoms with Gasteiger partial charge in [0.2, 0.25) is 23.8 Å². The predicted octanol–water partition coefficient (Wildman–Crippen LogP) is 17.7. The lowest BCUT2D eigenvalue weighted by Gasteiger charge is -2.20. The van der Waals surface area contributed by atoms with Crippen molar-refractivity contribution in [2.24, 2.45) is 0 Å². The van der Waals surface area contributed by atoms with Crippen molar-refractivity contribution in [2.75, 3.05) is 107 Å². The van der Waals surface area contributed by atoms with E-state index in [9.17, 15) is 60.4 Å². The molecule has 0 atom stereocenters. The first-order chi connectivity index (χ1) is 70.3. The number of fused-ring (bicyclic) bond motifs is 4.